The third kappa shape index (κ3) is 19.4. The third-order valence-electron chi connectivity index (χ3n) is 11.4. The van der Waals surface area contributed by atoms with E-state index in [1.807, 2.05) is 30.3 Å². The predicted octanol–water partition coefficient (Wildman–Crippen LogP) is 12.8. The van der Waals surface area contributed by atoms with Gasteiger partial charge in [-0.1, -0.05) is 161 Å². The fourth-order valence-electron chi connectivity index (χ4n) is 7.39. The maximum Gasteiger partial charge on any atom is 0.436 e. The maximum absolute atomic E-state index is 13.7. The highest BCUT2D eigenvalue weighted by Gasteiger charge is 2.32. The molecule has 5 aromatic rings. The second-order valence-corrected chi connectivity index (χ2v) is 17.6. The average molecular weight is 974 g/mol. The molecule has 0 aliphatic carbocycles. The molecule has 8 nitrogen and oxygen atoms in total. The molecule has 0 radical (unpaired) electrons. The second kappa shape index (κ2) is 28.7. The molecule has 366 valence electrons. The zero-order chi connectivity index (χ0) is 50.1. The lowest BCUT2D eigenvalue weighted by atomic mass is 10.1. The van der Waals surface area contributed by atoms with Crippen LogP contribution in [0.3, 0.4) is 0 Å². The van der Waals surface area contributed by atoms with Crippen LogP contribution in [0.1, 0.15) is 135 Å². The molecule has 0 N–H and O–H groups in total. The van der Waals surface area contributed by atoms with Crippen molar-refractivity contribution in [2.45, 2.75) is 123 Å². The van der Waals surface area contributed by atoms with Crippen molar-refractivity contribution in [3.8, 4) is 23.7 Å². The first-order valence-corrected chi connectivity index (χ1v) is 24.4. The molecular formula is C58H60ClF3N2O6. The summed E-state index contributed by atoms with van der Waals surface area (Å²) in [5, 5.41) is 1.53. The van der Waals surface area contributed by atoms with E-state index in [4.69, 9.17) is 21.2 Å². The lowest BCUT2D eigenvalue weighted by Crippen LogP contribution is -2.41. The van der Waals surface area contributed by atoms with Gasteiger partial charge in [0.1, 0.15) is 0 Å². The summed E-state index contributed by atoms with van der Waals surface area (Å²) >= 11 is 6.20. The number of hydroxylamine groups is 2. The molecule has 12 heteroatoms. The van der Waals surface area contributed by atoms with E-state index in [9.17, 15) is 32.3 Å². The SMILES string of the molecule is CCCCCCCCCCC#Cc1ccc(CN(CCc2cccc(Cl)c2)C(=O)C(=O)OC(=O)C(=O)ON(Cc2ccc(C#Cc3ccc(CCCC)cc3)cc2)Cc2ccc(C(F)(F)F)cc2)cc1. The molecule has 1 amide bonds. The highest BCUT2D eigenvalue weighted by Crippen LogP contribution is 2.29. The van der Waals surface area contributed by atoms with Crippen LogP contribution in [0.4, 0.5) is 13.2 Å². The Morgan fingerprint density at radius 2 is 1.06 bits per heavy atom. The highest BCUT2D eigenvalue weighted by atomic mass is 35.5. The number of nitrogens with zero attached hydrogens (tertiary/aromatic N) is 2. The molecule has 0 saturated carbocycles. The monoisotopic (exact) mass is 972 g/mol. The molecule has 0 spiro atoms. The first-order valence-electron chi connectivity index (χ1n) is 24.0. The smallest absolute Gasteiger partial charge is 0.377 e. The summed E-state index contributed by atoms with van der Waals surface area (Å²) in [7, 11) is 0. The molecular weight excluding hydrogens is 913 g/mol. The minimum atomic E-state index is -4.57. The average Bonchev–Trinajstić information content (AvgIpc) is 3.35. The Hall–Kier alpha value is -6.66. The number of ether oxygens (including phenoxy) is 1. The number of amides is 1. The number of aryl methyl sites for hydroxylation is 1. The Morgan fingerprint density at radius 3 is 1.61 bits per heavy atom. The first-order chi connectivity index (χ1) is 33.8. The van der Waals surface area contributed by atoms with E-state index in [-0.39, 0.29) is 26.2 Å². The Bertz CT molecular complexity index is 2590. The van der Waals surface area contributed by atoms with Crippen LogP contribution in [0.2, 0.25) is 5.02 Å². The fraction of sp³-hybridized carbons (Fsp3) is 0.345. The number of hydrogen-bond donors (Lipinski definition) is 0. The molecule has 0 saturated heterocycles. The summed E-state index contributed by atoms with van der Waals surface area (Å²) in [5.41, 5.74) is 5.11. The highest BCUT2D eigenvalue weighted by molar-refractivity contribution is 6.40. The van der Waals surface area contributed by atoms with Gasteiger partial charge in [-0.2, -0.15) is 13.2 Å². The van der Waals surface area contributed by atoms with E-state index in [2.05, 4.69) is 49.7 Å². The predicted molar refractivity (Wildman–Crippen MR) is 266 cm³/mol. The van der Waals surface area contributed by atoms with Gasteiger partial charge in [-0.15, -0.1) is 5.06 Å². The van der Waals surface area contributed by atoms with Crippen molar-refractivity contribution in [3.63, 3.8) is 0 Å². The van der Waals surface area contributed by atoms with Gasteiger partial charge in [-0.25, -0.2) is 14.4 Å². The Balaban J connectivity index is 1.23. The van der Waals surface area contributed by atoms with Gasteiger partial charge in [0.2, 0.25) is 0 Å². The quantitative estimate of drug-likeness (QED) is 0.0181. The Kier molecular flexibility index (Phi) is 22.3. The van der Waals surface area contributed by atoms with Crippen molar-refractivity contribution in [1.29, 1.82) is 0 Å². The van der Waals surface area contributed by atoms with Crippen molar-refractivity contribution in [2.24, 2.45) is 0 Å². The van der Waals surface area contributed by atoms with Gasteiger partial charge < -0.3 is 14.5 Å². The molecule has 0 heterocycles. The number of esters is 2. The van der Waals surface area contributed by atoms with E-state index < -0.39 is 35.6 Å². The topological polar surface area (TPSA) is 93.2 Å². The van der Waals surface area contributed by atoms with Gasteiger partial charge in [0, 0.05) is 41.2 Å². The van der Waals surface area contributed by atoms with E-state index >= 15 is 0 Å². The van der Waals surface area contributed by atoms with Crippen LogP contribution in [0.25, 0.3) is 0 Å². The molecule has 5 aromatic carbocycles. The Labute approximate surface area is 415 Å². The van der Waals surface area contributed by atoms with Crippen LogP contribution in [0.5, 0.6) is 0 Å². The largest absolute Gasteiger partial charge is 0.436 e. The van der Waals surface area contributed by atoms with E-state index in [0.29, 0.717) is 33.7 Å². The summed E-state index contributed by atoms with van der Waals surface area (Å²) in [6.07, 6.45) is 9.55. The van der Waals surface area contributed by atoms with Gasteiger partial charge in [0.05, 0.1) is 18.7 Å². The molecule has 0 bridgehead atoms. The van der Waals surface area contributed by atoms with Crippen molar-refractivity contribution >= 4 is 35.4 Å². The lowest BCUT2D eigenvalue weighted by Gasteiger charge is -2.22. The first kappa shape index (κ1) is 54.3. The maximum atomic E-state index is 13.7. The second-order valence-electron chi connectivity index (χ2n) is 17.1. The van der Waals surface area contributed by atoms with E-state index in [0.717, 1.165) is 72.4 Å². The van der Waals surface area contributed by atoms with Crippen LogP contribution < -0.4 is 0 Å². The van der Waals surface area contributed by atoms with Gasteiger partial charge >= 0.3 is 30.0 Å². The molecule has 5 rings (SSSR count). The normalized spacial score (nSPS) is 11.0. The zero-order valence-electron chi connectivity index (χ0n) is 39.9. The molecule has 70 heavy (non-hydrogen) atoms. The summed E-state index contributed by atoms with van der Waals surface area (Å²) in [5.74, 6) is 6.52. The van der Waals surface area contributed by atoms with Crippen molar-refractivity contribution < 1.29 is 41.9 Å². The van der Waals surface area contributed by atoms with Crippen LogP contribution in [-0.2, 0) is 67.4 Å². The van der Waals surface area contributed by atoms with Crippen molar-refractivity contribution in [2.75, 3.05) is 6.54 Å². The summed E-state index contributed by atoms with van der Waals surface area (Å²) in [6, 6.07) is 33.6. The van der Waals surface area contributed by atoms with Gasteiger partial charge in [-0.05, 0) is 114 Å². The van der Waals surface area contributed by atoms with Gasteiger partial charge in [0.25, 0.3) is 0 Å². The van der Waals surface area contributed by atoms with Crippen LogP contribution >= 0.6 is 11.6 Å². The molecule has 0 atom stereocenters. The number of hydrogen-bond acceptors (Lipinski definition) is 7. The van der Waals surface area contributed by atoms with Crippen molar-refractivity contribution in [3.05, 3.63) is 176 Å². The number of carbonyl (C=O) groups is 4. The minimum Gasteiger partial charge on any atom is -0.377 e. The van der Waals surface area contributed by atoms with Crippen LogP contribution in [0, 0.1) is 23.7 Å². The van der Waals surface area contributed by atoms with E-state index in [1.165, 1.54) is 61.1 Å². The number of unbranched alkanes of at least 4 members (excludes halogenated alkanes) is 9. The number of carbonyl (C=O) groups excluding carboxylic acids is 4. The Morgan fingerprint density at radius 1 is 0.543 bits per heavy atom. The standard InChI is InChI=1S/C58H60ClF3N2O6/c1-3-5-7-8-9-10-11-12-13-14-17-45-26-30-49(31-27-45)41-63(39-38-48-18-15-19-53(59)40-48)54(65)55(66)69-56(67)57(68)70-64(43-51-34-36-52(37-35-51)58(60,61)62)42-50-32-28-47(29-33-50)25-24-46-22-20-44(21-23-46)16-6-4-2/h15,18-23,26-37,40H,3-13,16,38-39,41-43H2,1-2H3. The van der Waals surface area contributed by atoms with Gasteiger partial charge in [-0.3, -0.25) is 4.79 Å². The summed E-state index contributed by atoms with van der Waals surface area (Å²) in [6.45, 7) is 3.99. The minimum absolute atomic E-state index is 0.0312. The molecule has 0 unspecified atom stereocenters. The molecule has 0 aromatic heterocycles. The van der Waals surface area contributed by atoms with E-state index in [1.54, 1.807) is 54.6 Å². The number of benzene rings is 5. The van der Waals surface area contributed by atoms with Gasteiger partial charge in [0.15, 0.2) is 0 Å². The summed E-state index contributed by atoms with van der Waals surface area (Å²) < 4.78 is 44.8. The molecule has 0 fully saturated rings. The van der Waals surface area contributed by atoms with Crippen LogP contribution in [-0.4, -0.2) is 40.3 Å². The molecule has 0 aliphatic rings. The number of rotatable bonds is 21. The number of alkyl halides is 3. The lowest BCUT2D eigenvalue weighted by molar-refractivity contribution is -0.206. The van der Waals surface area contributed by atoms with Crippen LogP contribution in [0.15, 0.2) is 121 Å². The zero-order valence-corrected chi connectivity index (χ0v) is 40.7. The third-order valence-corrected chi connectivity index (χ3v) is 11.6. The molecule has 0 aliphatic heterocycles. The van der Waals surface area contributed by atoms with Crippen molar-refractivity contribution in [1.82, 2.24) is 9.96 Å². The number of halogens is 4. The fourth-order valence-corrected chi connectivity index (χ4v) is 7.60. The summed E-state index contributed by atoms with van der Waals surface area (Å²) in [4.78, 5) is 59.9.